The van der Waals surface area contributed by atoms with Crippen molar-refractivity contribution in [1.29, 1.82) is 0 Å². The number of hydrogen-bond donors (Lipinski definition) is 2. The van der Waals surface area contributed by atoms with E-state index in [1.165, 1.54) is 0 Å². The zero-order chi connectivity index (χ0) is 12.7. The van der Waals surface area contributed by atoms with Crippen LogP contribution in [0.15, 0.2) is 30.3 Å². The highest BCUT2D eigenvalue weighted by Crippen LogP contribution is 1.97. The first kappa shape index (κ1) is 13.7. The Kier molecular flexibility index (Phi) is 5.11. The largest absolute Gasteiger partial charge is 0.351 e. The molecular weight excluding hydrogens is 240 g/mol. The minimum absolute atomic E-state index is 0.0360. The molecule has 17 heavy (non-hydrogen) atoms. The normalized spacial score (nSPS) is 11.1. The quantitative estimate of drug-likeness (QED) is 0.729. The average molecular weight is 256 g/mol. The van der Waals surface area contributed by atoms with Crippen molar-refractivity contribution in [1.82, 2.24) is 5.32 Å². The van der Waals surface area contributed by atoms with Gasteiger partial charge in [0.1, 0.15) is 5.75 Å². The first-order valence-corrected chi connectivity index (χ1v) is 7.07. The van der Waals surface area contributed by atoms with Crippen molar-refractivity contribution in [3.05, 3.63) is 35.9 Å². The van der Waals surface area contributed by atoms with Gasteiger partial charge in [0.25, 0.3) is 0 Å². The lowest BCUT2D eigenvalue weighted by Crippen LogP contribution is -2.32. The number of benzene rings is 1. The molecule has 1 amide bonds. The third kappa shape index (κ3) is 5.46. The lowest BCUT2D eigenvalue weighted by atomic mass is 10.2. The van der Waals surface area contributed by atoms with Crippen molar-refractivity contribution >= 4 is 15.7 Å². The maximum absolute atomic E-state index is 11.4. The van der Waals surface area contributed by atoms with Gasteiger partial charge in [-0.05, 0) is 5.56 Å². The summed E-state index contributed by atoms with van der Waals surface area (Å²) in [4.78, 5) is 11.4. The highest BCUT2D eigenvalue weighted by molar-refractivity contribution is 7.92. The number of carbonyl (C=O) groups excluding carboxylic acids is 1. The van der Waals surface area contributed by atoms with Crippen LogP contribution in [0.1, 0.15) is 5.56 Å². The second kappa shape index (κ2) is 6.36. The van der Waals surface area contributed by atoms with Gasteiger partial charge in [-0.2, -0.15) is 0 Å². The SMILES string of the molecule is NCCS(=O)(=O)CC(=O)NCc1ccccc1. The molecule has 1 aromatic carbocycles. The number of sulfone groups is 1. The van der Waals surface area contributed by atoms with Gasteiger partial charge in [0.2, 0.25) is 5.91 Å². The number of nitrogens with two attached hydrogens (primary N) is 1. The zero-order valence-electron chi connectivity index (χ0n) is 9.43. The van der Waals surface area contributed by atoms with Crippen LogP contribution >= 0.6 is 0 Å². The second-order valence-corrected chi connectivity index (χ2v) is 5.83. The molecule has 0 fully saturated rings. The van der Waals surface area contributed by atoms with Crippen molar-refractivity contribution in [3.63, 3.8) is 0 Å². The van der Waals surface area contributed by atoms with E-state index in [1.54, 1.807) is 0 Å². The van der Waals surface area contributed by atoms with Gasteiger partial charge in [-0.3, -0.25) is 4.79 Å². The van der Waals surface area contributed by atoms with Crippen LogP contribution in [0.5, 0.6) is 0 Å². The predicted molar refractivity (Wildman–Crippen MR) is 66.0 cm³/mol. The minimum Gasteiger partial charge on any atom is -0.351 e. The summed E-state index contributed by atoms with van der Waals surface area (Å²) in [6.07, 6.45) is 0. The minimum atomic E-state index is -3.37. The van der Waals surface area contributed by atoms with E-state index in [1.807, 2.05) is 30.3 Å². The molecule has 0 aliphatic rings. The highest BCUT2D eigenvalue weighted by Gasteiger charge is 2.15. The number of carbonyl (C=O) groups is 1. The Bertz CT molecular complexity index is 457. The van der Waals surface area contributed by atoms with Gasteiger partial charge in [-0.15, -0.1) is 0 Å². The monoisotopic (exact) mass is 256 g/mol. The van der Waals surface area contributed by atoms with E-state index in [-0.39, 0.29) is 12.3 Å². The van der Waals surface area contributed by atoms with Crippen LogP contribution in [-0.2, 0) is 21.2 Å². The number of rotatable bonds is 6. The summed E-state index contributed by atoms with van der Waals surface area (Å²) in [5.74, 6) is -1.16. The lowest BCUT2D eigenvalue weighted by Gasteiger charge is -2.05. The molecule has 0 spiro atoms. The molecule has 0 aliphatic heterocycles. The number of nitrogens with one attached hydrogen (secondary N) is 1. The Morgan fingerprint density at radius 1 is 1.24 bits per heavy atom. The Balaban J connectivity index is 2.41. The summed E-state index contributed by atoms with van der Waals surface area (Å²) in [5.41, 5.74) is 6.07. The summed E-state index contributed by atoms with van der Waals surface area (Å²) in [5, 5.41) is 2.55. The van der Waals surface area contributed by atoms with Crippen molar-refractivity contribution in [2.45, 2.75) is 6.54 Å². The van der Waals surface area contributed by atoms with Gasteiger partial charge in [0, 0.05) is 13.1 Å². The molecule has 0 unspecified atom stereocenters. The van der Waals surface area contributed by atoms with Crippen LogP contribution in [0, 0.1) is 0 Å². The van der Waals surface area contributed by atoms with E-state index >= 15 is 0 Å². The average Bonchev–Trinajstić information content (AvgIpc) is 2.27. The van der Waals surface area contributed by atoms with Gasteiger partial charge in [0.15, 0.2) is 9.84 Å². The summed E-state index contributed by atoms with van der Waals surface area (Å²) < 4.78 is 22.6. The van der Waals surface area contributed by atoms with Gasteiger partial charge in [-0.25, -0.2) is 8.42 Å². The molecule has 1 rings (SSSR count). The van der Waals surface area contributed by atoms with Crippen LogP contribution < -0.4 is 11.1 Å². The van der Waals surface area contributed by atoms with Gasteiger partial charge < -0.3 is 11.1 Å². The molecule has 6 heteroatoms. The fraction of sp³-hybridized carbons (Fsp3) is 0.364. The summed E-state index contributed by atoms with van der Waals surface area (Å²) in [6, 6.07) is 9.29. The van der Waals surface area contributed by atoms with E-state index in [9.17, 15) is 13.2 Å². The molecular formula is C11H16N2O3S. The fourth-order valence-electron chi connectivity index (χ4n) is 1.30. The van der Waals surface area contributed by atoms with Crippen molar-refractivity contribution < 1.29 is 13.2 Å². The van der Waals surface area contributed by atoms with Gasteiger partial charge >= 0.3 is 0 Å². The molecule has 0 saturated carbocycles. The topological polar surface area (TPSA) is 89.3 Å². The molecule has 5 nitrogen and oxygen atoms in total. The Hall–Kier alpha value is -1.40. The predicted octanol–water partition coefficient (Wildman–Crippen LogP) is -0.324. The number of amides is 1. The van der Waals surface area contributed by atoms with E-state index in [4.69, 9.17) is 5.73 Å². The molecule has 0 aliphatic carbocycles. The molecule has 0 saturated heterocycles. The van der Waals surface area contributed by atoms with E-state index in [0.717, 1.165) is 5.56 Å². The van der Waals surface area contributed by atoms with Crippen molar-refractivity contribution in [2.75, 3.05) is 18.1 Å². The molecule has 0 aromatic heterocycles. The highest BCUT2D eigenvalue weighted by atomic mass is 32.2. The van der Waals surface area contributed by atoms with Crippen LogP contribution in [-0.4, -0.2) is 32.4 Å². The lowest BCUT2D eigenvalue weighted by molar-refractivity contribution is -0.118. The summed E-state index contributed by atoms with van der Waals surface area (Å²) in [7, 11) is -3.37. The molecule has 0 radical (unpaired) electrons. The van der Waals surface area contributed by atoms with E-state index in [2.05, 4.69) is 5.32 Å². The molecule has 1 aromatic rings. The first-order chi connectivity index (χ1) is 8.03. The first-order valence-electron chi connectivity index (χ1n) is 5.24. The second-order valence-electron chi connectivity index (χ2n) is 3.64. The zero-order valence-corrected chi connectivity index (χ0v) is 10.2. The Morgan fingerprint density at radius 2 is 1.88 bits per heavy atom. The van der Waals surface area contributed by atoms with Crippen LogP contribution in [0.3, 0.4) is 0 Å². The fourth-order valence-corrected chi connectivity index (χ4v) is 2.30. The third-order valence-electron chi connectivity index (χ3n) is 2.11. The van der Waals surface area contributed by atoms with Crippen molar-refractivity contribution in [2.24, 2.45) is 5.73 Å². The van der Waals surface area contributed by atoms with Crippen LogP contribution in [0.4, 0.5) is 0 Å². The standard InChI is InChI=1S/C11H16N2O3S/c12-6-7-17(15,16)9-11(14)13-8-10-4-2-1-3-5-10/h1-5H,6-9,12H2,(H,13,14). The molecule has 3 N–H and O–H groups in total. The molecule has 0 heterocycles. The Labute approximate surface area is 101 Å². The van der Waals surface area contributed by atoms with E-state index < -0.39 is 21.5 Å². The van der Waals surface area contributed by atoms with Gasteiger partial charge in [0.05, 0.1) is 5.75 Å². The Morgan fingerprint density at radius 3 is 2.47 bits per heavy atom. The van der Waals surface area contributed by atoms with Gasteiger partial charge in [-0.1, -0.05) is 30.3 Å². The number of hydrogen-bond acceptors (Lipinski definition) is 4. The maximum Gasteiger partial charge on any atom is 0.235 e. The third-order valence-corrected chi connectivity index (χ3v) is 3.67. The smallest absolute Gasteiger partial charge is 0.235 e. The van der Waals surface area contributed by atoms with Crippen molar-refractivity contribution in [3.8, 4) is 0 Å². The maximum atomic E-state index is 11.4. The van der Waals surface area contributed by atoms with Crippen LogP contribution in [0.2, 0.25) is 0 Å². The molecule has 0 atom stereocenters. The molecule has 0 bridgehead atoms. The molecule has 94 valence electrons. The summed E-state index contributed by atoms with van der Waals surface area (Å²) in [6.45, 7) is 0.367. The summed E-state index contributed by atoms with van der Waals surface area (Å²) >= 11 is 0. The van der Waals surface area contributed by atoms with Crippen LogP contribution in [0.25, 0.3) is 0 Å². The van der Waals surface area contributed by atoms with E-state index in [0.29, 0.717) is 6.54 Å².